The third-order valence-corrected chi connectivity index (χ3v) is 8.63. The van der Waals surface area contributed by atoms with Crippen LogP contribution in [0.2, 0.25) is 0 Å². The van der Waals surface area contributed by atoms with Crippen LogP contribution in [-0.4, -0.2) is 143 Å². The number of ether oxygens (including phenoxy) is 11. The molecule has 0 amide bonds. The van der Waals surface area contributed by atoms with Crippen LogP contribution < -0.4 is 0 Å². The van der Waals surface area contributed by atoms with Gasteiger partial charge in [0.05, 0.1) is 43.0 Å². The molecule has 0 aliphatic carbocycles. The highest BCUT2D eigenvalue weighted by Crippen LogP contribution is 2.34. The fourth-order valence-corrected chi connectivity index (χ4v) is 6.24. The van der Waals surface area contributed by atoms with Crippen molar-refractivity contribution >= 4 is 5.97 Å². The molecule has 4 aliphatic rings. The summed E-state index contributed by atoms with van der Waals surface area (Å²) in [6, 6.07) is 0. The number of hydrogen-bond acceptors (Lipinski definition) is 14. The Morgan fingerprint density at radius 2 is 1.10 bits per heavy atom. The van der Waals surface area contributed by atoms with E-state index in [1.165, 1.54) is 14.2 Å². The van der Waals surface area contributed by atoms with Crippen molar-refractivity contribution in [3.8, 4) is 0 Å². The van der Waals surface area contributed by atoms with E-state index < -0.39 is 92.1 Å². The average molecular weight is 609 g/mol. The van der Waals surface area contributed by atoms with E-state index in [2.05, 4.69) is 0 Å². The molecular formula is C28H48O14. The number of rotatable bonds is 10. The lowest BCUT2D eigenvalue weighted by molar-refractivity contribution is -0.353. The molecule has 16 atom stereocenters. The molecule has 0 aromatic heterocycles. The first-order valence-electron chi connectivity index (χ1n) is 14.6. The number of aliphatic hydroxyl groups is 2. The summed E-state index contributed by atoms with van der Waals surface area (Å²) >= 11 is 0. The zero-order valence-corrected chi connectivity index (χ0v) is 25.7. The Hall–Kier alpha value is -1.01. The van der Waals surface area contributed by atoms with E-state index in [0.29, 0.717) is 12.8 Å². The van der Waals surface area contributed by atoms with E-state index in [4.69, 9.17) is 52.1 Å². The second-order valence-electron chi connectivity index (χ2n) is 11.4. The van der Waals surface area contributed by atoms with Crippen molar-refractivity contribution in [2.24, 2.45) is 0 Å². The second kappa shape index (κ2) is 14.8. The summed E-state index contributed by atoms with van der Waals surface area (Å²) in [7, 11) is 6.13. The maximum atomic E-state index is 11.8. The van der Waals surface area contributed by atoms with Gasteiger partial charge in [-0.05, 0) is 27.7 Å². The van der Waals surface area contributed by atoms with Crippen LogP contribution in [0.15, 0.2) is 0 Å². The predicted molar refractivity (Wildman–Crippen MR) is 142 cm³/mol. The molecule has 0 aromatic rings. The maximum absolute atomic E-state index is 11.8. The van der Waals surface area contributed by atoms with Gasteiger partial charge in [-0.2, -0.15) is 0 Å². The number of hydrogen-bond donors (Lipinski definition) is 2. The molecule has 0 spiro atoms. The summed E-state index contributed by atoms with van der Waals surface area (Å²) in [5.74, 6) is -0.325. The summed E-state index contributed by atoms with van der Waals surface area (Å²) in [6.45, 7) is 7.16. The topological polar surface area (TPSA) is 159 Å². The molecule has 16 unspecified atom stereocenters. The van der Waals surface area contributed by atoms with Gasteiger partial charge in [-0.1, -0.05) is 0 Å². The summed E-state index contributed by atoms with van der Waals surface area (Å²) in [6.07, 6.45) is -9.41. The summed E-state index contributed by atoms with van der Waals surface area (Å²) in [4.78, 5) is 11.8. The number of methoxy groups -OCH3 is 4. The molecule has 4 heterocycles. The normalized spacial score (nSPS) is 48.6. The van der Waals surface area contributed by atoms with E-state index in [0.717, 1.165) is 0 Å². The van der Waals surface area contributed by atoms with E-state index in [1.54, 1.807) is 28.1 Å². The van der Waals surface area contributed by atoms with Crippen LogP contribution in [0.25, 0.3) is 0 Å². The predicted octanol–water partition coefficient (Wildman–Crippen LogP) is 0.274. The SMILES string of the molecule is COC1CC(=O)OC(C)C1OC1CC(OC)C(OC2CC(OC)C(OC3OC(C)C(O)C(OC)C3O)C(C)O2)C(C)O1. The molecule has 4 saturated heterocycles. The lowest BCUT2D eigenvalue weighted by Crippen LogP contribution is -2.61. The number of esters is 1. The van der Waals surface area contributed by atoms with Crippen LogP contribution in [0, 0.1) is 0 Å². The minimum Gasteiger partial charge on any atom is -0.460 e. The monoisotopic (exact) mass is 608 g/mol. The van der Waals surface area contributed by atoms with Crippen LogP contribution in [0.3, 0.4) is 0 Å². The molecule has 2 N–H and O–H groups in total. The van der Waals surface area contributed by atoms with Gasteiger partial charge in [0.25, 0.3) is 0 Å². The molecule has 0 bridgehead atoms. The molecule has 244 valence electrons. The molecule has 4 fully saturated rings. The minimum absolute atomic E-state index is 0.107. The quantitative estimate of drug-likeness (QED) is 0.326. The Kier molecular flexibility index (Phi) is 12.0. The molecule has 4 aliphatic heterocycles. The molecule has 42 heavy (non-hydrogen) atoms. The van der Waals surface area contributed by atoms with Crippen LogP contribution in [0.4, 0.5) is 0 Å². The van der Waals surface area contributed by atoms with Crippen LogP contribution in [0.5, 0.6) is 0 Å². The van der Waals surface area contributed by atoms with Gasteiger partial charge in [0.1, 0.15) is 42.7 Å². The van der Waals surface area contributed by atoms with Gasteiger partial charge >= 0.3 is 5.97 Å². The number of cyclic esters (lactones) is 1. The smallest absolute Gasteiger partial charge is 0.308 e. The van der Waals surface area contributed by atoms with E-state index in [-0.39, 0.29) is 18.5 Å². The Labute approximate surface area is 247 Å². The lowest BCUT2D eigenvalue weighted by atomic mass is 9.98. The van der Waals surface area contributed by atoms with Gasteiger partial charge in [-0.15, -0.1) is 0 Å². The average Bonchev–Trinajstić information content (AvgIpc) is 2.95. The van der Waals surface area contributed by atoms with Gasteiger partial charge in [0.2, 0.25) is 0 Å². The number of carbonyl (C=O) groups excluding carboxylic acids is 1. The highest BCUT2D eigenvalue weighted by molar-refractivity contribution is 5.71. The standard InChI is InChI=1S/C28H48O14/c1-12-22(30)27(35-8)23(31)28(39-12)42-26-15(4)38-21(11-18(26)34-7)41-25-14(3)37-20(10-17(25)33-6)40-24-13(2)36-19(29)9-16(24)32-5/h12-18,20-28,30-31H,9-11H2,1-8H3. The van der Waals surface area contributed by atoms with E-state index in [1.807, 2.05) is 13.8 Å². The Bertz CT molecular complexity index is 862. The molecule has 0 radical (unpaired) electrons. The minimum atomic E-state index is -1.21. The summed E-state index contributed by atoms with van der Waals surface area (Å²) < 4.78 is 64.6. The Morgan fingerprint density at radius 3 is 1.60 bits per heavy atom. The highest BCUT2D eigenvalue weighted by atomic mass is 16.8. The first-order chi connectivity index (χ1) is 20.0. The Morgan fingerprint density at radius 1 is 0.595 bits per heavy atom. The molecule has 0 saturated carbocycles. The zero-order valence-electron chi connectivity index (χ0n) is 25.7. The lowest BCUT2D eigenvalue weighted by Gasteiger charge is -2.47. The second-order valence-corrected chi connectivity index (χ2v) is 11.4. The van der Waals surface area contributed by atoms with Crippen molar-refractivity contribution in [2.75, 3.05) is 28.4 Å². The van der Waals surface area contributed by atoms with E-state index >= 15 is 0 Å². The Balaban J connectivity index is 1.35. The highest BCUT2D eigenvalue weighted by Gasteiger charge is 2.49. The zero-order chi connectivity index (χ0) is 30.7. The van der Waals surface area contributed by atoms with E-state index in [9.17, 15) is 15.0 Å². The first-order valence-corrected chi connectivity index (χ1v) is 14.6. The van der Waals surface area contributed by atoms with Crippen molar-refractivity contribution in [1.82, 2.24) is 0 Å². The molecule has 4 rings (SSSR count). The molecule has 0 aromatic carbocycles. The summed E-state index contributed by atoms with van der Waals surface area (Å²) in [5, 5.41) is 21.0. The van der Waals surface area contributed by atoms with Crippen molar-refractivity contribution in [3.05, 3.63) is 0 Å². The number of aliphatic hydroxyl groups excluding tert-OH is 2. The molecule has 14 heteroatoms. The first kappa shape index (κ1) is 33.9. The third-order valence-electron chi connectivity index (χ3n) is 8.63. The van der Waals surface area contributed by atoms with Crippen molar-refractivity contribution < 1.29 is 67.1 Å². The maximum Gasteiger partial charge on any atom is 0.308 e. The van der Waals surface area contributed by atoms with Gasteiger partial charge in [0, 0.05) is 41.3 Å². The fourth-order valence-electron chi connectivity index (χ4n) is 6.24. The third kappa shape index (κ3) is 7.44. The number of carbonyl (C=O) groups is 1. The summed E-state index contributed by atoms with van der Waals surface area (Å²) in [5.41, 5.74) is 0. The van der Waals surface area contributed by atoms with Crippen molar-refractivity contribution in [1.29, 1.82) is 0 Å². The molecular weight excluding hydrogens is 560 g/mol. The van der Waals surface area contributed by atoms with Crippen LogP contribution in [0.1, 0.15) is 47.0 Å². The fraction of sp³-hybridized carbons (Fsp3) is 0.964. The van der Waals surface area contributed by atoms with Gasteiger partial charge in [-0.25, -0.2) is 0 Å². The van der Waals surface area contributed by atoms with Gasteiger partial charge in [0.15, 0.2) is 18.9 Å². The molecule has 14 nitrogen and oxygen atoms in total. The van der Waals surface area contributed by atoms with Crippen molar-refractivity contribution in [2.45, 2.75) is 145 Å². The van der Waals surface area contributed by atoms with Crippen molar-refractivity contribution in [3.63, 3.8) is 0 Å². The van der Waals surface area contributed by atoms with Gasteiger partial charge in [-0.3, -0.25) is 4.79 Å². The largest absolute Gasteiger partial charge is 0.460 e. The van der Waals surface area contributed by atoms with Crippen LogP contribution >= 0.6 is 0 Å². The van der Waals surface area contributed by atoms with Crippen LogP contribution in [-0.2, 0) is 56.9 Å². The van der Waals surface area contributed by atoms with Gasteiger partial charge < -0.3 is 62.3 Å².